The van der Waals surface area contributed by atoms with E-state index in [0.29, 0.717) is 22.7 Å². The fourth-order valence-electron chi connectivity index (χ4n) is 3.28. The minimum atomic E-state index is -0.235. The number of hydrogen-bond acceptors (Lipinski definition) is 5. The van der Waals surface area contributed by atoms with Gasteiger partial charge in [-0.25, -0.2) is 0 Å². The highest BCUT2D eigenvalue weighted by Crippen LogP contribution is 2.37. The number of nitrogens with zero attached hydrogens (tertiary/aromatic N) is 2. The lowest BCUT2D eigenvalue weighted by Gasteiger charge is -2.10. The van der Waals surface area contributed by atoms with Crippen molar-refractivity contribution < 1.29 is 19.1 Å². The predicted molar refractivity (Wildman–Crippen MR) is 90.1 cm³/mol. The number of benzene rings is 1. The third-order valence-corrected chi connectivity index (χ3v) is 4.51. The van der Waals surface area contributed by atoms with Gasteiger partial charge in [0.15, 0.2) is 17.3 Å². The number of aromatic nitrogens is 2. The summed E-state index contributed by atoms with van der Waals surface area (Å²) in [5.41, 5.74) is 3.15. The number of amides is 1. The number of anilines is 1. The van der Waals surface area contributed by atoms with Gasteiger partial charge in [-0.15, -0.1) is 0 Å². The zero-order valence-electron chi connectivity index (χ0n) is 14.0. The highest BCUT2D eigenvalue weighted by Gasteiger charge is 2.21. The Bertz CT molecular complexity index is 833. The van der Waals surface area contributed by atoms with E-state index in [4.69, 9.17) is 9.47 Å². The predicted octanol–water partition coefficient (Wildman–Crippen LogP) is 2.33. The van der Waals surface area contributed by atoms with Gasteiger partial charge in [0.1, 0.15) is 6.54 Å². The molecule has 1 aliphatic carbocycles. The Morgan fingerprint density at radius 1 is 1.20 bits per heavy atom. The number of ether oxygens (including phenoxy) is 2. The molecule has 1 aliphatic heterocycles. The molecule has 25 heavy (non-hydrogen) atoms. The Hall–Kier alpha value is -2.83. The van der Waals surface area contributed by atoms with Crippen LogP contribution in [0.3, 0.4) is 0 Å². The lowest BCUT2D eigenvalue weighted by Crippen LogP contribution is -2.20. The summed E-state index contributed by atoms with van der Waals surface area (Å²) in [7, 11) is 0. The van der Waals surface area contributed by atoms with Gasteiger partial charge in [0, 0.05) is 17.8 Å². The summed E-state index contributed by atoms with van der Waals surface area (Å²) >= 11 is 0. The Morgan fingerprint density at radius 2 is 1.96 bits per heavy atom. The number of carbonyl (C=O) groups excluding carboxylic acids is 2. The lowest BCUT2D eigenvalue weighted by atomic mass is 9.99. The van der Waals surface area contributed by atoms with Crippen molar-refractivity contribution in [1.82, 2.24) is 9.78 Å². The summed E-state index contributed by atoms with van der Waals surface area (Å²) in [6, 6.07) is 3.23. The van der Waals surface area contributed by atoms with Crippen LogP contribution >= 0.6 is 0 Å². The van der Waals surface area contributed by atoms with Crippen molar-refractivity contribution in [1.29, 1.82) is 0 Å². The summed E-state index contributed by atoms with van der Waals surface area (Å²) < 4.78 is 12.3. The quantitative estimate of drug-likeness (QED) is 0.863. The van der Waals surface area contributed by atoms with Gasteiger partial charge in [-0.2, -0.15) is 5.10 Å². The lowest BCUT2D eigenvalue weighted by molar-refractivity contribution is -0.116. The first kappa shape index (κ1) is 15.7. The molecule has 0 saturated carbocycles. The van der Waals surface area contributed by atoms with Gasteiger partial charge < -0.3 is 14.8 Å². The van der Waals surface area contributed by atoms with E-state index in [2.05, 4.69) is 10.4 Å². The van der Waals surface area contributed by atoms with E-state index >= 15 is 0 Å². The van der Waals surface area contributed by atoms with Crippen LogP contribution in [0.5, 0.6) is 11.5 Å². The van der Waals surface area contributed by atoms with E-state index in [-0.39, 0.29) is 25.0 Å². The first-order chi connectivity index (χ1) is 12.1. The van der Waals surface area contributed by atoms with Gasteiger partial charge in [-0.1, -0.05) is 0 Å². The van der Waals surface area contributed by atoms with Gasteiger partial charge >= 0.3 is 0 Å². The molecule has 0 saturated heterocycles. The van der Waals surface area contributed by atoms with Crippen molar-refractivity contribution in [2.75, 3.05) is 12.1 Å². The molecule has 0 fully saturated rings. The molecule has 7 nitrogen and oxygen atoms in total. The summed E-state index contributed by atoms with van der Waals surface area (Å²) in [6.07, 6.45) is 6.26. The zero-order valence-corrected chi connectivity index (χ0v) is 14.0. The number of hydrogen-bond donors (Lipinski definition) is 1. The van der Waals surface area contributed by atoms with Gasteiger partial charge in [-0.3, -0.25) is 14.3 Å². The van der Waals surface area contributed by atoms with E-state index in [1.54, 1.807) is 16.8 Å². The van der Waals surface area contributed by atoms with Crippen molar-refractivity contribution in [3.05, 3.63) is 35.2 Å². The Labute approximate surface area is 144 Å². The third kappa shape index (κ3) is 3.09. The van der Waals surface area contributed by atoms with Crippen LogP contribution in [0.1, 0.15) is 41.4 Å². The highest BCUT2D eigenvalue weighted by molar-refractivity contribution is 6.04. The summed E-state index contributed by atoms with van der Waals surface area (Å²) in [5, 5.41) is 7.29. The molecule has 0 spiro atoms. The van der Waals surface area contributed by atoms with Crippen LogP contribution in [0.25, 0.3) is 0 Å². The molecule has 2 aromatic rings. The molecule has 0 radical (unpaired) electrons. The largest absolute Gasteiger partial charge is 0.454 e. The molecule has 0 atom stereocenters. The number of nitrogens with one attached hydrogen (secondary N) is 1. The second-order valence-corrected chi connectivity index (χ2v) is 6.36. The molecule has 1 aromatic heterocycles. The fraction of sp³-hybridized carbons (Fsp3) is 0.389. The molecule has 0 bridgehead atoms. The zero-order chi connectivity index (χ0) is 17.4. The molecule has 4 rings (SSSR count). The van der Waals surface area contributed by atoms with Gasteiger partial charge in [0.25, 0.3) is 0 Å². The smallest absolute Gasteiger partial charge is 0.246 e. The third-order valence-electron chi connectivity index (χ3n) is 4.51. The monoisotopic (exact) mass is 341 g/mol. The van der Waals surface area contributed by atoms with Crippen LogP contribution in [0.2, 0.25) is 0 Å². The van der Waals surface area contributed by atoms with Crippen molar-refractivity contribution in [2.45, 2.75) is 39.2 Å². The molecule has 1 amide bonds. The van der Waals surface area contributed by atoms with E-state index in [1.165, 1.54) is 18.9 Å². The molecule has 1 N–H and O–H groups in total. The number of ketones is 1. The number of carbonyl (C=O) groups is 2. The van der Waals surface area contributed by atoms with Gasteiger partial charge in [0.2, 0.25) is 12.7 Å². The molecular weight excluding hydrogens is 322 g/mol. The average molecular weight is 341 g/mol. The fourth-order valence-corrected chi connectivity index (χ4v) is 3.28. The summed E-state index contributed by atoms with van der Waals surface area (Å²) in [6.45, 7) is 1.68. The molecule has 2 aliphatic rings. The normalized spacial score (nSPS) is 14.9. The minimum Gasteiger partial charge on any atom is -0.454 e. The SMILES string of the molecule is CC(=O)c1cc2c(cc1NC(=O)Cn1cc3c(n1)CCCC3)OCO2. The molecule has 130 valence electrons. The Balaban J connectivity index is 1.52. The van der Waals surface area contributed by atoms with Crippen molar-refractivity contribution in [2.24, 2.45) is 0 Å². The topological polar surface area (TPSA) is 82.5 Å². The maximum absolute atomic E-state index is 12.4. The van der Waals surface area contributed by atoms with E-state index < -0.39 is 0 Å². The van der Waals surface area contributed by atoms with Gasteiger partial charge in [0.05, 0.1) is 11.4 Å². The van der Waals surface area contributed by atoms with E-state index in [9.17, 15) is 9.59 Å². The maximum atomic E-state index is 12.4. The first-order valence-electron chi connectivity index (χ1n) is 8.40. The first-order valence-corrected chi connectivity index (χ1v) is 8.40. The maximum Gasteiger partial charge on any atom is 0.246 e. The molecule has 0 unspecified atom stereocenters. The molecule has 1 aromatic carbocycles. The number of rotatable bonds is 4. The highest BCUT2D eigenvalue weighted by atomic mass is 16.7. The number of Topliss-reactive ketones (excluding diaryl/α,β-unsaturated/α-hetero) is 1. The Morgan fingerprint density at radius 3 is 2.72 bits per heavy atom. The standard InChI is InChI=1S/C18H19N3O4/c1-11(22)13-6-16-17(25-10-24-16)7-15(13)19-18(23)9-21-8-12-4-2-3-5-14(12)20-21/h6-8H,2-5,9-10H2,1H3,(H,19,23). The van der Waals surface area contributed by atoms with Crippen LogP contribution in [-0.2, 0) is 24.2 Å². The van der Waals surface area contributed by atoms with Crippen molar-refractivity contribution >= 4 is 17.4 Å². The van der Waals surface area contributed by atoms with Crippen LogP contribution in [0.15, 0.2) is 18.3 Å². The second kappa shape index (κ2) is 6.23. The number of aryl methyl sites for hydroxylation is 2. The van der Waals surface area contributed by atoms with Gasteiger partial charge in [-0.05, 0) is 44.2 Å². The van der Waals surface area contributed by atoms with E-state index in [1.807, 2.05) is 6.20 Å². The van der Waals surface area contributed by atoms with Crippen molar-refractivity contribution in [3.63, 3.8) is 0 Å². The molecule has 2 heterocycles. The van der Waals surface area contributed by atoms with Crippen molar-refractivity contribution in [3.8, 4) is 11.5 Å². The van der Waals surface area contributed by atoms with Crippen LogP contribution < -0.4 is 14.8 Å². The second-order valence-electron chi connectivity index (χ2n) is 6.36. The van der Waals surface area contributed by atoms with E-state index in [0.717, 1.165) is 25.0 Å². The number of fused-ring (bicyclic) bond motifs is 2. The summed E-state index contributed by atoms with van der Waals surface area (Å²) in [4.78, 5) is 24.3. The van der Waals surface area contributed by atoms with Crippen LogP contribution in [0, 0.1) is 0 Å². The van der Waals surface area contributed by atoms with Crippen LogP contribution in [-0.4, -0.2) is 28.3 Å². The summed E-state index contributed by atoms with van der Waals surface area (Å²) in [5.74, 6) is 0.655. The molecule has 7 heteroatoms. The minimum absolute atomic E-state index is 0.110. The van der Waals surface area contributed by atoms with Crippen LogP contribution in [0.4, 0.5) is 5.69 Å². The average Bonchev–Trinajstić information content (AvgIpc) is 3.18. The Kier molecular flexibility index (Phi) is 3.91. The molecular formula is C18H19N3O4.